The van der Waals surface area contributed by atoms with Gasteiger partial charge < -0.3 is 5.32 Å². The third-order valence-electron chi connectivity index (χ3n) is 3.20. The van der Waals surface area contributed by atoms with Gasteiger partial charge >= 0.3 is 0 Å². The average Bonchev–Trinajstić information content (AvgIpc) is 2.40. The Morgan fingerprint density at radius 3 is 2.58 bits per heavy atom. The molecule has 0 fully saturated rings. The highest BCUT2D eigenvalue weighted by molar-refractivity contribution is 7.81. The zero-order valence-corrected chi connectivity index (χ0v) is 12.8. The van der Waals surface area contributed by atoms with Crippen LogP contribution >= 0.6 is 12.6 Å². The summed E-state index contributed by atoms with van der Waals surface area (Å²) >= 11 is 4.41. The van der Waals surface area contributed by atoms with Gasteiger partial charge in [0, 0.05) is 6.04 Å². The van der Waals surface area contributed by atoms with Crippen molar-refractivity contribution >= 4 is 18.5 Å². The van der Waals surface area contributed by atoms with Gasteiger partial charge in [-0.05, 0) is 25.3 Å². The molecule has 0 saturated heterocycles. The summed E-state index contributed by atoms with van der Waals surface area (Å²) in [5.41, 5.74) is 1.15. The summed E-state index contributed by atoms with van der Waals surface area (Å²) in [6, 6.07) is 10.3. The van der Waals surface area contributed by atoms with Crippen LogP contribution < -0.4 is 5.32 Å². The molecule has 0 aliphatic heterocycles. The van der Waals surface area contributed by atoms with Crippen molar-refractivity contribution in [2.75, 3.05) is 0 Å². The molecule has 1 aromatic rings. The second-order valence-corrected chi connectivity index (χ2v) is 5.73. The molecule has 0 saturated carbocycles. The van der Waals surface area contributed by atoms with E-state index in [0.717, 1.165) is 12.0 Å². The molecule has 0 aliphatic carbocycles. The summed E-state index contributed by atoms with van der Waals surface area (Å²) in [6.45, 7) is 4.25. The molecule has 0 aromatic heterocycles. The van der Waals surface area contributed by atoms with E-state index in [1.165, 1.54) is 19.3 Å². The number of nitrogens with one attached hydrogen (secondary N) is 1. The van der Waals surface area contributed by atoms with Gasteiger partial charge in [0.05, 0.1) is 5.25 Å². The molecule has 19 heavy (non-hydrogen) atoms. The summed E-state index contributed by atoms with van der Waals surface area (Å²) in [7, 11) is 0. The summed E-state index contributed by atoms with van der Waals surface area (Å²) in [5.74, 6) is 0.0381. The van der Waals surface area contributed by atoms with E-state index >= 15 is 0 Å². The Kier molecular flexibility index (Phi) is 7.65. The molecule has 2 nitrogen and oxygen atoms in total. The lowest BCUT2D eigenvalue weighted by atomic mass is 10.1. The highest BCUT2D eigenvalue weighted by Gasteiger charge is 2.16. The topological polar surface area (TPSA) is 29.1 Å². The van der Waals surface area contributed by atoms with E-state index < -0.39 is 0 Å². The summed E-state index contributed by atoms with van der Waals surface area (Å²) in [6.07, 6.45) is 5.34. The van der Waals surface area contributed by atoms with Crippen molar-refractivity contribution in [1.29, 1.82) is 0 Å². The van der Waals surface area contributed by atoms with E-state index in [2.05, 4.69) is 31.8 Å². The van der Waals surface area contributed by atoms with Crippen LogP contribution in [0.15, 0.2) is 30.3 Å². The molecule has 2 atom stereocenters. The second-order valence-electron chi connectivity index (χ2n) is 5.11. The molecule has 1 amide bonds. The van der Waals surface area contributed by atoms with Gasteiger partial charge in [0.1, 0.15) is 0 Å². The number of benzene rings is 1. The minimum atomic E-state index is -0.268. The van der Waals surface area contributed by atoms with Crippen molar-refractivity contribution in [2.45, 2.75) is 57.2 Å². The van der Waals surface area contributed by atoms with Crippen LogP contribution in [0.25, 0.3) is 0 Å². The Bertz CT molecular complexity index is 366. The van der Waals surface area contributed by atoms with Gasteiger partial charge in [0.2, 0.25) is 5.91 Å². The fraction of sp³-hybridized carbons (Fsp3) is 0.562. The van der Waals surface area contributed by atoms with E-state index in [1.54, 1.807) is 0 Å². The highest BCUT2D eigenvalue weighted by atomic mass is 32.1. The quantitative estimate of drug-likeness (QED) is 0.552. The summed E-state index contributed by atoms with van der Waals surface area (Å²) in [5, 5.41) is 2.78. The Morgan fingerprint density at radius 2 is 1.95 bits per heavy atom. The maximum Gasteiger partial charge on any atom is 0.233 e. The largest absolute Gasteiger partial charge is 0.353 e. The average molecular weight is 279 g/mol. The molecule has 0 radical (unpaired) electrons. The van der Waals surface area contributed by atoms with Gasteiger partial charge in [-0.2, -0.15) is 12.6 Å². The minimum absolute atomic E-state index is 0.0381. The number of carbonyl (C=O) groups excluding carboxylic acids is 1. The van der Waals surface area contributed by atoms with Crippen molar-refractivity contribution in [2.24, 2.45) is 0 Å². The van der Waals surface area contributed by atoms with Gasteiger partial charge in [-0.15, -0.1) is 0 Å². The lowest BCUT2D eigenvalue weighted by molar-refractivity contribution is -0.121. The zero-order chi connectivity index (χ0) is 14.1. The van der Waals surface area contributed by atoms with Crippen LogP contribution in [0.4, 0.5) is 0 Å². The fourth-order valence-corrected chi connectivity index (χ4v) is 2.33. The first-order valence-electron chi connectivity index (χ1n) is 7.15. The number of carbonyl (C=O) groups is 1. The number of thiol groups is 1. The Morgan fingerprint density at radius 1 is 1.26 bits per heavy atom. The molecule has 3 heteroatoms. The van der Waals surface area contributed by atoms with Crippen molar-refractivity contribution in [1.82, 2.24) is 5.32 Å². The molecule has 0 heterocycles. The molecule has 1 aromatic carbocycles. The molecule has 2 unspecified atom stereocenters. The molecular weight excluding hydrogens is 254 g/mol. The van der Waals surface area contributed by atoms with Crippen molar-refractivity contribution in [3.8, 4) is 0 Å². The van der Waals surface area contributed by atoms with Gasteiger partial charge in [-0.1, -0.05) is 56.5 Å². The van der Waals surface area contributed by atoms with Crippen molar-refractivity contribution in [3.63, 3.8) is 0 Å². The standard InChI is InChI=1S/C16H25NOS/c1-3-4-6-9-13(2)17-16(18)15(19)12-14-10-7-5-8-11-14/h5,7-8,10-11,13,15,19H,3-4,6,9,12H2,1-2H3,(H,17,18). The number of amides is 1. The Labute approximate surface area is 122 Å². The van der Waals surface area contributed by atoms with Crippen LogP contribution in [0.5, 0.6) is 0 Å². The predicted molar refractivity (Wildman–Crippen MR) is 84.7 cm³/mol. The minimum Gasteiger partial charge on any atom is -0.353 e. The second kappa shape index (κ2) is 9.03. The summed E-state index contributed by atoms with van der Waals surface area (Å²) in [4.78, 5) is 12.0. The number of hydrogen-bond acceptors (Lipinski definition) is 2. The first kappa shape index (κ1) is 16.1. The lowest BCUT2D eigenvalue weighted by Crippen LogP contribution is -2.38. The normalized spacial score (nSPS) is 13.8. The molecule has 106 valence electrons. The van der Waals surface area contributed by atoms with E-state index in [-0.39, 0.29) is 17.2 Å². The SMILES string of the molecule is CCCCCC(C)NC(=O)C(S)Cc1ccccc1. The van der Waals surface area contributed by atoms with Gasteiger partial charge in [0.25, 0.3) is 0 Å². The van der Waals surface area contributed by atoms with Gasteiger partial charge in [-0.3, -0.25) is 4.79 Å². The van der Waals surface area contributed by atoms with E-state index in [9.17, 15) is 4.79 Å². The van der Waals surface area contributed by atoms with E-state index in [1.807, 2.05) is 30.3 Å². The highest BCUT2D eigenvalue weighted by Crippen LogP contribution is 2.09. The Hall–Kier alpha value is -0.960. The molecule has 1 rings (SSSR count). The smallest absolute Gasteiger partial charge is 0.233 e. The number of rotatable bonds is 8. The maximum absolute atomic E-state index is 12.0. The third-order valence-corrected chi connectivity index (χ3v) is 3.62. The van der Waals surface area contributed by atoms with E-state index in [4.69, 9.17) is 0 Å². The molecule has 0 aliphatic rings. The van der Waals surface area contributed by atoms with Crippen LogP contribution in [-0.4, -0.2) is 17.2 Å². The Balaban J connectivity index is 2.32. The van der Waals surface area contributed by atoms with Crippen LogP contribution in [0.3, 0.4) is 0 Å². The maximum atomic E-state index is 12.0. The van der Waals surface area contributed by atoms with Crippen LogP contribution in [-0.2, 0) is 11.2 Å². The lowest BCUT2D eigenvalue weighted by Gasteiger charge is -2.17. The van der Waals surface area contributed by atoms with Crippen LogP contribution in [0.1, 0.15) is 45.1 Å². The predicted octanol–water partition coefficient (Wildman–Crippen LogP) is 3.61. The monoisotopic (exact) mass is 279 g/mol. The van der Waals surface area contributed by atoms with Crippen LogP contribution in [0.2, 0.25) is 0 Å². The van der Waals surface area contributed by atoms with E-state index in [0.29, 0.717) is 6.42 Å². The van der Waals surface area contributed by atoms with Crippen LogP contribution in [0, 0.1) is 0 Å². The molecule has 1 N–H and O–H groups in total. The van der Waals surface area contributed by atoms with Crippen molar-refractivity contribution in [3.05, 3.63) is 35.9 Å². The summed E-state index contributed by atoms with van der Waals surface area (Å²) < 4.78 is 0. The molecular formula is C16H25NOS. The molecule has 0 bridgehead atoms. The fourth-order valence-electron chi connectivity index (χ4n) is 2.04. The zero-order valence-electron chi connectivity index (χ0n) is 11.9. The third kappa shape index (κ3) is 6.67. The first-order chi connectivity index (χ1) is 9.13. The number of hydrogen-bond donors (Lipinski definition) is 2. The van der Waals surface area contributed by atoms with Crippen molar-refractivity contribution < 1.29 is 4.79 Å². The van der Waals surface area contributed by atoms with Gasteiger partial charge in [-0.25, -0.2) is 0 Å². The van der Waals surface area contributed by atoms with Gasteiger partial charge in [0.15, 0.2) is 0 Å². The first-order valence-corrected chi connectivity index (χ1v) is 7.67. The molecule has 0 spiro atoms. The number of unbranched alkanes of at least 4 members (excludes halogenated alkanes) is 2.